The van der Waals surface area contributed by atoms with Gasteiger partial charge in [-0.15, -0.1) is 0 Å². The van der Waals surface area contributed by atoms with E-state index < -0.39 is 11.5 Å². The van der Waals surface area contributed by atoms with Crippen molar-refractivity contribution in [3.63, 3.8) is 0 Å². The third kappa shape index (κ3) is 2.57. The second kappa shape index (κ2) is 5.28. The maximum atomic E-state index is 11.7. The van der Waals surface area contributed by atoms with Gasteiger partial charge in [0.2, 0.25) is 0 Å². The van der Waals surface area contributed by atoms with Crippen molar-refractivity contribution in [3.05, 3.63) is 27.9 Å². The summed E-state index contributed by atoms with van der Waals surface area (Å²) in [6, 6.07) is 0. The molecule has 2 heterocycles. The number of ether oxygens (including phenoxy) is 2. The summed E-state index contributed by atoms with van der Waals surface area (Å²) in [6.45, 7) is 2.09. The first-order valence-electron chi connectivity index (χ1n) is 5.59. The van der Waals surface area contributed by atoms with Crippen LogP contribution in [0.5, 0.6) is 0 Å². The molecule has 18 heavy (non-hydrogen) atoms. The molecule has 1 N–H and O–H groups in total. The highest BCUT2D eigenvalue weighted by atomic mass is 16.5. The highest BCUT2D eigenvalue weighted by Gasteiger charge is 2.22. The van der Waals surface area contributed by atoms with Crippen LogP contribution in [0.15, 0.2) is 11.0 Å². The van der Waals surface area contributed by atoms with Gasteiger partial charge in [-0.1, -0.05) is 0 Å². The molecule has 0 radical (unpaired) electrons. The standard InChI is InChI=1S/C11H15N3O4/c1-14-3-4-18-8(6-14)9-12-5-7(10(15)13-9)11(16)17-2/h5,8H,3-4,6H2,1-2H3,(H,12,13,15). The SMILES string of the molecule is COC(=O)c1cnc(C2CN(C)CCO2)[nH]c1=O. The Bertz CT molecular complexity index is 499. The summed E-state index contributed by atoms with van der Waals surface area (Å²) in [6.07, 6.45) is 0.945. The van der Waals surface area contributed by atoms with Gasteiger partial charge in [-0.2, -0.15) is 0 Å². The molecule has 1 aromatic rings. The Hall–Kier alpha value is -1.73. The number of carbonyl (C=O) groups is 1. The number of aromatic amines is 1. The first kappa shape index (κ1) is 12.7. The van der Waals surface area contributed by atoms with Crippen molar-refractivity contribution in [3.8, 4) is 0 Å². The molecule has 2 rings (SSSR count). The number of nitrogens with zero attached hydrogens (tertiary/aromatic N) is 2. The topological polar surface area (TPSA) is 84.5 Å². The molecule has 1 unspecified atom stereocenters. The van der Waals surface area contributed by atoms with E-state index >= 15 is 0 Å². The van der Waals surface area contributed by atoms with Crippen molar-refractivity contribution < 1.29 is 14.3 Å². The number of H-pyrrole nitrogens is 1. The molecule has 7 nitrogen and oxygen atoms in total. The van der Waals surface area contributed by atoms with E-state index in [1.807, 2.05) is 7.05 Å². The summed E-state index contributed by atoms with van der Waals surface area (Å²) in [7, 11) is 3.19. The summed E-state index contributed by atoms with van der Waals surface area (Å²) < 4.78 is 10.0. The van der Waals surface area contributed by atoms with Gasteiger partial charge < -0.3 is 19.4 Å². The zero-order valence-electron chi connectivity index (χ0n) is 10.3. The molecule has 1 aromatic heterocycles. The van der Waals surface area contributed by atoms with Gasteiger partial charge >= 0.3 is 5.97 Å². The van der Waals surface area contributed by atoms with E-state index in [-0.39, 0.29) is 11.7 Å². The Morgan fingerprint density at radius 1 is 1.67 bits per heavy atom. The molecule has 0 aromatic carbocycles. The molecule has 1 aliphatic heterocycles. The smallest absolute Gasteiger partial charge is 0.345 e. The molecule has 1 saturated heterocycles. The van der Waals surface area contributed by atoms with Gasteiger partial charge in [0, 0.05) is 19.3 Å². The summed E-state index contributed by atoms with van der Waals surface area (Å²) >= 11 is 0. The highest BCUT2D eigenvalue weighted by Crippen LogP contribution is 2.16. The van der Waals surface area contributed by atoms with Crippen LogP contribution in [0.25, 0.3) is 0 Å². The first-order valence-corrected chi connectivity index (χ1v) is 5.59. The van der Waals surface area contributed by atoms with E-state index in [1.165, 1.54) is 13.3 Å². The van der Waals surface area contributed by atoms with Crippen LogP contribution in [0.1, 0.15) is 22.3 Å². The lowest BCUT2D eigenvalue weighted by Gasteiger charge is -2.29. The average Bonchev–Trinajstić information content (AvgIpc) is 2.37. The fourth-order valence-corrected chi connectivity index (χ4v) is 1.77. The third-order valence-electron chi connectivity index (χ3n) is 2.80. The highest BCUT2D eigenvalue weighted by molar-refractivity contribution is 5.88. The molecule has 98 valence electrons. The van der Waals surface area contributed by atoms with E-state index in [9.17, 15) is 9.59 Å². The van der Waals surface area contributed by atoms with Gasteiger partial charge in [0.1, 0.15) is 17.5 Å². The fourth-order valence-electron chi connectivity index (χ4n) is 1.77. The molecule has 0 aliphatic carbocycles. The van der Waals surface area contributed by atoms with E-state index in [0.29, 0.717) is 19.0 Å². The minimum Gasteiger partial charge on any atom is -0.465 e. The number of nitrogens with one attached hydrogen (secondary N) is 1. The van der Waals surface area contributed by atoms with Crippen LogP contribution in [0.4, 0.5) is 0 Å². The Kier molecular flexibility index (Phi) is 3.73. The van der Waals surface area contributed by atoms with E-state index in [2.05, 4.69) is 19.6 Å². The van der Waals surface area contributed by atoms with Gasteiger partial charge in [-0.25, -0.2) is 9.78 Å². The molecule has 1 atom stereocenters. The molecular formula is C11H15N3O4. The van der Waals surface area contributed by atoms with Gasteiger partial charge in [0.05, 0.1) is 13.7 Å². The number of likely N-dealkylation sites (N-methyl/N-ethyl adjacent to an activating group) is 1. The van der Waals surface area contributed by atoms with E-state index in [4.69, 9.17) is 4.74 Å². The van der Waals surface area contributed by atoms with Gasteiger partial charge in [-0.05, 0) is 7.05 Å². The van der Waals surface area contributed by atoms with Crippen molar-refractivity contribution in [2.24, 2.45) is 0 Å². The number of aromatic nitrogens is 2. The quantitative estimate of drug-likeness (QED) is 0.719. The monoisotopic (exact) mass is 253 g/mol. The fraction of sp³-hybridized carbons (Fsp3) is 0.545. The summed E-state index contributed by atoms with van der Waals surface area (Å²) in [5, 5.41) is 0. The number of methoxy groups -OCH3 is 1. The van der Waals surface area contributed by atoms with Crippen molar-refractivity contribution in [1.82, 2.24) is 14.9 Å². The molecule has 0 saturated carbocycles. The molecule has 0 spiro atoms. The van der Waals surface area contributed by atoms with Crippen LogP contribution in [0.3, 0.4) is 0 Å². The van der Waals surface area contributed by atoms with E-state index in [0.717, 1.165) is 6.54 Å². The lowest BCUT2D eigenvalue weighted by molar-refractivity contribution is -0.0256. The Morgan fingerprint density at radius 2 is 2.44 bits per heavy atom. The van der Waals surface area contributed by atoms with Crippen molar-refractivity contribution in [1.29, 1.82) is 0 Å². The van der Waals surface area contributed by atoms with Crippen molar-refractivity contribution in [2.75, 3.05) is 33.9 Å². The second-order valence-corrected chi connectivity index (χ2v) is 4.12. The number of esters is 1. The Labute approximate surface area is 104 Å². The number of morpholine rings is 1. The maximum absolute atomic E-state index is 11.7. The second-order valence-electron chi connectivity index (χ2n) is 4.12. The lowest BCUT2D eigenvalue weighted by atomic mass is 10.2. The van der Waals surface area contributed by atoms with Gasteiger partial charge in [-0.3, -0.25) is 4.79 Å². The molecule has 7 heteroatoms. The largest absolute Gasteiger partial charge is 0.465 e. The number of hydrogen-bond donors (Lipinski definition) is 1. The predicted octanol–water partition coefficient (Wildman–Crippen LogP) is -0.440. The molecule has 1 aliphatic rings. The molecule has 0 bridgehead atoms. The third-order valence-corrected chi connectivity index (χ3v) is 2.80. The zero-order chi connectivity index (χ0) is 13.1. The van der Waals surface area contributed by atoms with Crippen LogP contribution in [-0.4, -0.2) is 54.7 Å². The lowest BCUT2D eigenvalue weighted by Crippen LogP contribution is -2.37. The minimum atomic E-state index is -0.697. The van der Waals surface area contributed by atoms with Crippen LogP contribution < -0.4 is 5.56 Å². The molecule has 1 fully saturated rings. The Morgan fingerprint density at radius 3 is 3.06 bits per heavy atom. The van der Waals surface area contributed by atoms with Crippen LogP contribution in [0, 0.1) is 0 Å². The summed E-state index contributed by atoms with van der Waals surface area (Å²) in [4.78, 5) is 31.7. The van der Waals surface area contributed by atoms with E-state index in [1.54, 1.807) is 0 Å². The summed E-state index contributed by atoms with van der Waals surface area (Å²) in [5.74, 6) is -0.267. The van der Waals surface area contributed by atoms with Crippen molar-refractivity contribution in [2.45, 2.75) is 6.10 Å². The van der Waals surface area contributed by atoms with Gasteiger partial charge in [0.25, 0.3) is 5.56 Å². The zero-order valence-corrected chi connectivity index (χ0v) is 10.3. The summed E-state index contributed by atoms with van der Waals surface area (Å²) in [5.41, 5.74) is -0.617. The first-order chi connectivity index (χ1) is 8.61. The molecular weight excluding hydrogens is 238 g/mol. The van der Waals surface area contributed by atoms with Gasteiger partial charge in [0.15, 0.2) is 0 Å². The molecule has 0 amide bonds. The average molecular weight is 253 g/mol. The van der Waals surface area contributed by atoms with Crippen molar-refractivity contribution >= 4 is 5.97 Å². The minimum absolute atomic E-state index is 0.106. The Balaban J connectivity index is 2.23. The van der Waals surface area contributed by atoms with Crippen LogP contribution in [-0.2, 0) is 9.47 Å². The predicted molar refractivity (Wildman–Crippen MR) is 62.4 cm³/mol. The number of hydrogen-bond acceptors (Lipinski definition) is 6. The normalized spacial score (nSPS) is 20.7. The van der Waals surface area contributed by atoms with Crippen LogP contribution in [0.2, 0.25) is 0 Å². The van der Waals surface area contributed by atoms with Crippen LogP contribution >= 0.6 is 0 Å². The number of rotatable bonds is 2. The number of carbonyl (C=O) groups excluding carboxylic acids is 1. The maximum Gasteiger partial charge on any atom is 0.345 e.